The van der Waals surface area contributed by atoms with Gasteiger partial charge in [-0.3, -0.25) is 0 Å². The molecular weight excluding hydrogens is 148 g/mol. The van der Waals surface area contributed by atoms with Crippen molar-refractivity contribution in [3.8, 4) is 0 Å². The summed E-state index contributed by atoms with van der Waals surface area (Å²) < 4.78 is 9.74. The molecule has 1 aliphatic heterocycles. The summed E-state index contributed by atoms with van der Waals surface area (Å²) in [6.07, 6.45) is -2.33. The minimum atomic E-state index is -0.981. The summed E-state index contributed by atoms with van der Waals surface area (Å²) in [5.74, 6) is 0.439. The van der Waals surface area contributed by atoms with E-state index >= 15 is 0 Å². The molecule has 0 aliphatic carbocycles. The average Bonchev–Trinajstić information content (AvgIpc) is 1.96. The second-order valence-electron chi connectivity index (χ2n) is 2.52. The topological polar surface area (TPSA) is 58.9 Å². The highest BCUT2D eigenvalue weighted by Gasteiger charge is 2.33. The van der Waals surface area contributed by atoms with E-state index in [1.807, 2.05) is 0 Å². The molecule has 0 aromatic heterocycles. The van der Waals surface area contributed by atoms with E-state index in [4.69, 9.17) is 9.47 Å². The smallest absolute Gasteiger partial charge is 0.227 e. The number of aliphatic hydroxyl groups is 2. The zero-order valence-corrected chi connectivity index (χ0v) is 6.36. The van der Waals surface area contributed by atoms with Gasteiger partial charge in [-0.05, 0) is 0 Å². The van der Waals surface area contributed by atoms with E-state index in [0.717, 1.165) is 0 Å². The second kappa shape index (κ2) is 3.21. The van der Waals surface area contributed by atoms with Crippen molar-refractivity contribution in [3.63, 3.8) is 0 Å². The molecule has 4 nitrogen and oxygen atoms in total. The third-order valence-corrected chi connectivity index (χ3v) is 1.63. The summed E-state index contributed by atoms with van der Waals surface area (Å²) in [5, 5.41) is 18.4. The Kier molecular flexibility index (Phi) is 2.49. The molecule has 0 spiro atoms. The van der Waals surface area contributed by atoms with Crippen molar-refractivity contribution < 1.29 is 19.7 Å². The Bertz CT molecular complexity index is 157. The molecule has 1 fully saturated rings. The Morgan fingerprint density at radius 2 is 2.27 bits per heavy atom. The molecular formula is C7H12O4. The van der Waals surface area contributed by atoms with Gasteiger partial charge in [0.1, 0.15) is 6.10 Å². The number of hydrogen-bond acceptors (Lipinski definition) is 4. The minimum Gasteiger partial charge on any atom is -0.467 e. The maximum Gasteiger partial charge on any atom is 0.227 e. The third kappa shape index (κ3) is 1.71. The molecule has 1 rings (SSSR count). The van der Waals surface area contributed by atoms with E-state index in [1.54, 1.807) is 0 Å². The van der Waals surface area contributed by atoms with E-state index in [2.05, 4.69) is 6.58 Å². The van der Waals surface area contributed by atoms with Crippen molar-refractivity contribution in [1.29, 1.82) is 0 Å². The van der Waals surface area contributed by atoms with Gasteiger partial charge in [0, 0.05) is 13.5 Å². The van der Waals surface area contributed by atoms with E-state index in [-0.39, 0.29) is 6.42 Å². The molecule has 0 saturated carbocycles. The van der Waals surface area contributed by atoms with Gasteiger partial charge in [-0.15, -0.1) is 0 Å². The summed E-state index contributed by atoms with van der Waals surface area (Å²) >= 11 is 0. The maximum atomic E-state index is 9.21. The van der Waals surface area contributed by atoms with Crippen LogP contribution in [0.4, 0.5) is 0 Å². The summed E-state index contributed by atoms with van der Waals surface area (Å²) in [4.78, 5) is 0. The third-order valence-electron chi connectivity index (χ3n) is 1.63. The molecule has 4 heteroatoms. The van der Waals surface area contributed by atoms with Crippen molar-refractivity contribution >= 4 is 0 Å². The van der Waals surface area contributed by atoms with E-state index < -0.39 is 18.5 Å². The van der Waals surface area contributed by atoms with Crippen LogP contribution < -0.4 is 0 Å². The first kappa shape index (κ1) is 8.52. The van der Waals surface area contributed by atoms with Crippen LogP contribution in [-0.2, 0) is 9.47 Å². The fraction of sp³-hybridized carbons (Fsp3) is 0.714. The van der Waals surface area contributed by atoms with Crippen LogP contribution in [0.25, 0.3) is 0 Å². The molecule has 0 aromatic rings. The highest BCUT2D eigenvalue weighted by atomic mass is 16.7. The van der Waals surface area contributed by atoms with Crippen LogP contribution in [0, 0.1) is 0 Å². The largest absolute Gasteiger partial charge is 0.467 e. The van der Waals surface area contributed by atoms with Crippen molar-refractivity contribution in [2.24, 2.45) is 0 Å². The van der Waals surface area contributed by atoms with Crippen molar-refractivity contribution in [3.05, 3.63) is 12.3 Å². The summed E-state index contributed by atoms with van der Waals surface area (Å²) in [6, 6.07) is 0. The second-order valence-corrected chi connectivity index (χ2v) is 2.52. The zero-order chi connectivity index (χ0) is 8.43. The lowest BCUT2D eigenvalue weighted by atomic mass is 10.1. The van der Waals surface area contributed by atoms with Crippen molar-refractivity contribution in [2.75, 3.05) is 7.11 Å². The lowest BCUT2D eigenvalue weighted by Gasteiger charge is -2.32. The summed E-state index contributed by atoms with van der Waals surface area (Å²) in [7, 11) is 1.40. The van der Waals surface area contributed by atoms with Gasteiger partial charge in [0.2, 0.25) is 6.29 Å². The predicted octanol–water partition coefficient (Wildman–Crippen LogP) is -0.385. The molecule has 3 unspecified atom stereocenters. The van der Waals surface area contributed by atoms with Gasteiger partial charge >= 0.3 is 0 Å². The van der Waals surface area contributed by atoms with Gasteiger partial charge < -0.3 is 19.7 Å². The Morgan fingerprint density at radius 3 is 2.82 bits per heavy atom. The van der Waals surface area contributed by atoms with E-state index in [9.17, 15) is 10.2 Å². The molecule has 1 saturated heterocycles. The van der Waals surface area contributed by atoms with Gasteiger partial charge in [-0.25, -0.2) is 0 Å². The highest BCUT2D eigenvalue weighted by molar-refractivity contribution is 4.94. The number of rotatable bonds is 1. The molecule has 0 bridgehead atoms. The molecule has 1 aliphatic rings. The van der Waals surface area contributed by atoms with Gasteiger partial charge in [0.25, 0.3) is 0 Å². The number of ether oxygens (including phenoxy) is 2. The summed E-state index contributed by atoms with van der Waals surface area (Å²) in [5.41, 5.74) is 0. The lowest BCUT2D eigenvalue weighted by Crippen LogP contribution is -2.44. The normalized spacial score (nSPS) is 38.5. The molecule has 2 N–H and O–H groups in total. The fourth-order valence-corrected chi connectivity index (χ4v) is 1.01. The fourth-order valence-electron chi connectivity index (χ4n) is 1.01. The minimum absolute atomic E-state index is 0.265. The molecule has 1 heterocycles. The first-order valence-corrected chi connectivity index (χ1v) is 3.38. The standard InChI is InChI=1S/C7H12O4/c1-4-3-5(8)6(9)7(10-2)11-4/h5-9H,1,3H2,2H3. The van der Waals surface area contributed by atoms with E-state index in [1.165, 1.54) is 7.11 Å². The average molecular weight is 160 g/mol. The van der Waals surface area contributed by atoms with Crippen LogP contribution in [0.3, 0.4) is 0 Å². The Hall–Kier alpha value is -0.580. The van der Waals surface area contributed by atoms with Crippen LogP contribution >= 0.6 is 0 Å². The van der Waals surface area contributed by atoms with Crippen LogP contribution in [0.15, 0.2) is 12.3 Å². The Balaban J connectivity index is 2.58. The van der Waals surface area contributed by atoms with Crippen molar-refractivity contribution in [2.45, 2.75) is 24.9 Å². The van der Waals surface area contributed by atoms with Gasteiger partial charge in [0.05, 0.1) is 11.9 Å². The molecule has 0 amide bonds. The number of aliphatic hydroxyl groups excluding tert-OH is 2. The first-order valence-electron chi connectivity index (χ1n) is 3.38. The SMILES string of the molecule is C=C1CC(O)C(O)C(OC)O1. The molecule has 3 atom stereocenters. The predicted molar refractivity (Wildman–Crippen MR) is 37.7 cm³/mol. The molecule has 64 valence electrons. The number of hydrogen-bond donors (Lipinski definition) is 2. The highest BCUT2D eigenvalue weighted by Crippen LogP contribution is 2.21. The molecule has 0 radical (unpaired) electrons. The Morgan fingerprint density at radius 1 is 1.64 bits per heavy atom. The quantitative estimate of drug-likeness (QED) is 0.548. The lowest BCUT2D eigenvalue weighted by molar-refractivity contribution is -0.209. The molecule has 11 heavy (non-hydrogen) atoms. The van der Waals surface area contributed by atoms with Gasteiger partial charge in [-0.2, -0.15) is 0 Å². The van der Waals surface area contributed by atoms with Gasteiger partial charge in [0.15, 0.2) is 0 Å². The van der Waals surface area contributed by atoms with Crippen LogP contribution in [-0.4, -0.2) is 35.8 Å². The zero-order valence-electron chi connectivity index (χ0n) is 6.36. The number of methoxy groups -OCH3 is 1. The van der Waals surface area contributed by atoms with Crippen LogP contribution in [0.5, 0.6) is 0 Å². The monoisotopic (exact) mass is 160 g/mol. The first-order chi connectivity index (χ1) is 5.15. The Labute approximate surface area is 65.0 Å². The maximum absolute atomic E-state index is 9.21. The molecule has 0 aromatic carbocycles. The van der Waals surface area contributed by atoms with Crippen LogP contribution in [0.2, 0.25) is 0 Å². The van der Waals surface area contributed by atoms with Crippen molar-refractivity contribution in [1.82, 2.24) is 0 Å². The van der Waals surface area contributed by atoms with E-state index in [0.29, 0.717) is 5.76 Å². The van der Waals surface area contributed by atoms with Gasteiger partial charge in [-0.1, -0.05) is 6.58 Å². The van der Waals surface area contributed by atoms with Crippen LogP contribution in [0.1, 0.15) is 6.42 Å². The summed E-state index contributed by atoms with van der Waals surface area (Å²) in [6.45, 7) is 3.52.